The van der Waals surface area contributed by atoms with Gasteiger partial charge in [-0.05, 0) is 31.4 Å². The minimum atomic E-state index is -0.221. The first-order valence-corrected chi connectivity index (χ1v) is 6.85. The number of carbonyl (C=O) groups excluding carboxylic acids is 1. The summed E-state index contributed by atoms with van der Waals surface area (Å²) in [5.74, 6) is -0.0465. The summed E-state index contributed by atoms with van der Waals surface area (Å²) in [5.41, 5.74) is 1.63. The molecule has 1 rings (SSSR count). The van der Waals surface area contributed by atoms with Crippen molar-refractivity contribution >= 4 is 11.5 Å². The van der Waals surface area contributed by atoms with Gasteiger partial charge in [0.05, 0.1) is 6.04 Å². The fourth-order valence-corrected chi connectivity index (χ4v) is 1.89. The molecule has 1 unspecified atom stereocenters. The predicted molar refractivity (Wildman–Crippen MR) is 77.2 cm³/mol. The first-order chi connectivity index (χ1) is 9.06. The van der Waals surface area contributed by atoms with Crippen LogP contribution >= 0.6 is 0 Å². The molecule has 0 saturated heterocycles. The fraction of sp³-hybridized carbons (Fsp3) is 0.500. The number of halogens is 1. The molecule has 0 fully saturated rings. The summed E-state index contributed by atoms with van der Waals surface area (Å²) in [6.07, 6.45) is 2.24. The van der Waals surface area contributed by atoms with Gasteiger partial charge in [-0.2, -0.15) is 0 Å². The quantitative estimate of drug-likeness (QED) is 0.684. The average Bonchev–Trinajstić information content (AvgIpc) is 2.40. The molecule has 0 bridgehead atoms. The molecular weight excluding hydrogens is 241 g/mol. The van der Waals surface area contributed by atoms with Gasteiger partial charge < -0.3 is 0 Å². The van der Waals surface area contributed by atoms with Crippen LogP contribution in [0.4, 0.5) is 4.39 Å². The predicted octanol–water partition coefficient (Wildman–Crippen LogP) is 3.98. The second-order valence-corrected chi connectivity index (χ2v) is 4.76. The third-order valence-corrected chi connectivity index (χ3v) is 3.19. The van der Waals surface area contributed by atoms with Gasteiger partial charge in [0.2, 0.25) is 0 Å². The number of nitrogens with zero attached hydrogens (tertiary/aromatic N) is 1. The molecule has 0 aromatic heterocycles. The molecule has 19 heavy (non-hydrogen) atoms. The van der Waals surface area contributed by atoms with E-state index in [0.29, 0.717) is 24.8 Å². The molecule has 0 radical (unpaired) electrons. The van der Waals surface area contributed by atoms with E-state index in [1.807, 2.05) is 26.8 Å². The lowest BCUT2D eigenvalue weighted by molar-refractivity contribution is -0.119. The highest BCUT2D eigenvalue weighted by Gasteiger charge is 2.14. The van der Waals surface area contributed by atoms with Gasteiger partial charge >= 0.3 is 0 Å². The molecule has 1 atom stereocenters. The van der Waals surface area contributed by atoms with E-state index in [9.17, 15) is 9.18 Å². The number of ketones is 1. The Hall–Kier alpha value is -1.51. The van der Waals surface area contributed by atoms with Crippen LogP contribution in [0, 0.1) is 5.82 Å². The van der Waals surface area contributed by atoms with Gasteiger partial charge in [-0.15, -0.1) is 0 Å². The zero-order chi connectivity index (χ0) is 14.3. The third kappa shape index (κ3) is 5.33. The number of carbonyl (C=O) groups is 1. The van der Waals surface area contributed by atoms with E-state index >= 15 is 0 Å². The van der Waals surface area contributed by atoms with Crippen LogP contribution in [0.5, 0.6) is 0 Å². The van der Waals surface area contributed by atoms with Crippen molar-refractivity contribution in [2.75, 3.05) is 0 Å². The first-order valence-electron chi connectivity index (χ1n) is 6.85. The number of hydrogen-bond donors (Lipinski definition) is 0. The summed E-state index contributed by atoms with van der Waals surface area (Å²) in [5, 5.41) is 0. The molecule has 1 aromatic rings. The van der Waals surface area contributed by atoms with E-state index in [1.54, 1.807) is 12.1 Å². The molecule has 0 heterocycles. The average molecular weight is 263 g/mol. The Balaban J connectivity index is 2.85. The van der Waals surface area contributed by atoms with Gasteiger partial charge in [0.1, 0.15) is 11.6 Å². The van der Waals surface area contributed by atoms with Crippen molar-refractivity contribution in [3.8, 4) is 0 Å². The molecule has 0 aliphatic carbocycles. The van der Waals surface area contributed by atoms with E-state index in [4.69, 9.17) is 0 Å². The maximum atomic E-state index is 13.7. The standard InChI is InChI=1S/C16H22FNO/c1-4-12(3)18-14(11-15(19)5-2)10-13-8-6-7-9-16(13)17/h6-9,14H,4-5,10-11H2,1-3H3. The Morgan fingerprint density at radius 3 is 2.53 bits per heavy atom. The first kappa shape index (κ1) is 15.5. The lowest BCUT2D eigenvalue weighted by atomic mass is 10.00. The molecule has 104 valence electrons. The van der Waals surface area contributed by atoms with E-state index in [2.05, 4.69) is 4.99 Å². The van der Waals surface area contributed by atoms with Crippen molar-refractivity contribution < 1.29 is 9.18 Å². The number of Topliss-reactive ketones (excluding diaryl/α,β-unsaturated/α-hetero) is 1. The summed E-state index contributed by atoms with van der Waals surface area (Å²) in [7, 11) is 0. The monoisotopic (exact) mass is 263 g/mol. The van der Waals surface area contributed by atoms with Gasteiger partial charge in [-0.25, -0.2) is 4.39 Å². The Bertz CT molecular complexity index is 454. The maximum absolute atomic E-state index is 13.7. The molecular formula is C16H22FNO. The minimum Gasteiger partial charge on any atom is -0.300 e. The third-order valence-electron chi connectivity index (χ3n) is 3.19. The highest BCUT2D eigenvalue weighted by molar-refractivity contribution is 5.83. The zero-order valence-corrected chi connectivity index (χ0v) is 11.9. The highest BCUT2D eigenvalue weighted by Crippen LogP contribution is 2.14. The van der Waals surface area contributed by atoms with Crippen molar-refractivity contribution in [1.29, 1.82) is 0 Å². The largest absolute Gasteiger partial charge is 0.300 e. The van der Waals surface area contributed by atoms with Gasteiger partial charge in [-0.1, -0.05) is 32.0 Å². The Morgan fingerprint density at radius 1 is 1.26 bits per heavy atom. The summed E-state index contributed by atoms with van der Waals surface area (Å²) in [6.45, 7) is 5.82. The molecule has 0 saturated carbocycles. The van der Waals surface area contributed by atoms with Crippen molar-refractivity contribution in [3.05, 3.63) is 35.6 Å². The van der Waals surface area contributed by atoms with E-state index in [0.717, 1.165) is 12.1 Å². The minimum absolute atomic E-state index is 0.149. The van der Waals surface area contributed by atoms with Crippen LogP contribution in [-0.4, -0.2) is 17.5 Å². The second-order valence-electron chi connectivity index (χ2n) is 4.76. The van der Waals surface area contributed by atoms with E-state index in [-0.39, 0.29) is 17.6 Å². The van der Waals surface area contributed by atoms with Crippen LogP contribution < -0.4 is 0 Å². The molecule has 2 nitrogen and oxygen atoms in total. The second kappa shape index (κ2) is 7.82. The van der Waals surface area contributed by atoms with Gasteiger partial charge in [-0.3, -0.25) is 9.79 Å². The van der Waals surface area contributed by atoms with Crippen molar-refractivity contribution in [2.24, 2.45) is 4.99 Å². The van der Waals surface area contributed by atoms with Gasteiger partial charge in [0.25, 0.3) is 0 Å². The molecule has 3 heteroatoms. The van der Waals surface area contributed by atoms with Gasteiger partial charge in [0.15, 0.2) is 0 Å². The van der Waals surface area contributed by atoms with Crippen LogP contribution in [0.3, 0.4) is 0 Å². The van der Waals surface area contributed by atoms with Crippen LogP contribution in [0.1, 0.15) is 45.6 Å². The zero-order valence-electron chi connectivity index (χ0n) is 11.9. The van der Waals surface area contributed by atoms with Crippen molar-refractivity contribution in [2.45, 2.75) is 52.5 Å². The Morgan fingerprint density at radius 2 is 1.95 bits per heavy atom. The van der Waals surface area contributed by atoms with Gasteiger partial charge in [0, 0.05) is 18.6 Å². The van der Waals surface area contributed by atoms with Crippen LogP contribution in [-0.2, 0) is 11.2 Å². The summed E-state index contributed by atoms with van der Waals surface area (Å²) in [4.78, 5) is 16.2. The molecule has 0 amide bonds. The number of aliphatic imine (C=N–C) groups is 1. The van der Waals surface area contributed by atoms with Crippen molar-refractivity contribution in [3.63, 3.8) is 0 Å². The summed E-state index contributed by atoms with van der Waals surface area (Å²) < 4.78 is 13.7. The molecule has 1 aromatic carbocycles. The van der Waals surface area contributed by atoms with Crippen LogP contribution in [0.15, 0.2) is 29.3 Å². The number of benzene rings is 1. The summed E-state index contributed by atoms with van der Waals surface area (Å²) >= 11 is 0. The van der Waals surface area contributed by atoms with E-state index in [1.165, 1.54) is 6.07 Å². The summed E-state index contributed by atoms with van der Waals surface area (Å²) in [6, 6.07) is 6.54. The van der Waals surface area contributed by atoms with Crippen LogP contribution in [0.25, 0.3) is 0 Å². The number of hydrogen-bond acceptors (Lipinski definition) is 2. The van der Waals surface area contributed by atoms with Crippen LogP contribution in [0.2, 0.25) is 0 Å². The lowest BCUT2D eigenvalue weighted by Crippen LogP contribution is -2.16. The highest BCUT2D eigenvalue weighted by atomic mass is 19.1. The maximum Gasteiger partial charge on any atom is 0.134 e. The lowest BCUT2D eigenvalue weighted by Gasteiger charge is -2.13. The molecule has 0 N–H and O–H groups in total. The normalized spacial score (nSPS) is 13.4. The molecule has 0 aliphatic heterocycles. The Kier molecular flexibility index (Phi) is 6.40. The topological polar surface area (TPSA) is 29.4 Å². The number of rotatable bonds is 7. The molecule has 0 spiro atoms. The fourth-order valence-electron chi connectivity index (χ4n) is 1.89. The SMILES string of the molecule is CCC(=O)CC(Cc1ccccc1F)N=C(C)CC. The van der Waals surface area contributed by atoms with Crippen molar-refractivity contribution in [1.82, 2.24) is 0 Å². The molecule has 0 aliphatic rings. The van der Waals surface area contributed by atoms with E-state index < -0.39 is 0 Å². The smallest absolute Gasteiger partial charge is 0.134 e. The Labute approximate surface area is 114 Å².